The molecule has 18 heavy (non-hydrogen) atoms. The Balaban J connectivity index is -0.0000000447. The summed E-state index contributed by atoms with van der Waals surface area (Å²) in [5.74, 6) is 0. The van der Waals surface area contributed by atoms with Gasteiger partial charge in [0.1, 0.15) is 0 Å². The summed E-state index contributed by atoms with van der Waals surface area (Å²) in [6.45, 7) is 4.46. The maximum atomic E-state index is 8.55. The monoisotopic (exact) mass is 310 g/mol. The summed E-state index contributed by atoms with van der Waals surface area (Å²) in [7, 11) is -10.8. The van der Waals surface area contributed by atoms with Crippen LogP contribution in [-0.2, 0) is 9.13 Å². The molecule has 0 aromatic carbocycles. The number of hydrogen-bond acceptors (Lipinski definition) is 8. The van der Waals surface area contributed by atoms with Crippen molar-refractivity contribution in [2.45, 2.75) is 47.0 Å². The minimum atomic E-state index is -5.39. The van der Waals surface area contributed by atoms with E-state index in [4.69, 9.17) is 38.5 Å². The largest absolute Gasteiger partial charge is 0.822 e. The molecule has 0 fully saturated rings. The van der Waals surface area contributed by atoms with Gasteiger partial charge in [0.2, 0.25) is 0 Å². The molecular weight excluding hydrogens is 290 g/mol. The van der Waals surface area contributed by atoms with E-state index >= 15 is 0 Å². The average molecular weight is 310 g/mol. The molecule has 0 saturated heterocycles. The maximum Gasteiger partial charge on any atom is -0.0536 e. The minimum Gasteiger partial charge on any atom is -0.822 e. The molecule has 0 saturated carbocycles. The van der Waals surface area contributed by atoms with Crippen molar-refractivity contribution in [2.75, 3.05) is 0 Å². The second-order valence-corrected chi connectivity index (χ2v) is 4.39. The molecule has 0 spiro atoms. The van der Waals surface area contributed by atoms with E-state index in [0.29, 0.717) is 0 Å². The fraction of sp³-hybridized carbons (Fsp3) is 1.00. The van der Waals surface area contributed by atoms with E-state index in [-0.39, 0.29) is 12.9 Å². The third-order valence-corrected chi connectivity index (χ3v) is 0.957. The SMILES string of the molecule is C.CCCCCC.O.O=P([O-])([O-])[O-].O=P([O-])([O-])[O-]. The van der Waals surface area contributed by atoms with Gasteiger partial charge in [0.25, 0.3) is 0 Å². The first-order chi connectivity index (χ1) is 6.91. The maximum absolute atomic E-state index is 8.55. The average Bonchev–Trinajstić information content (AvgIpc) is 1.94. The Kier molecular flexibility index (Phi) is 29.5. The molecule has 2 N–H and O–H groups in total. The minimum absolute atomic E-state index is 0. The van der Waals surface area contributed by atoms with Crippen LogP contribution in [0, 0.1) is 0 Å². The van der Waals surface area contributed by atoms with Crippen LogP contribution in [0.3, 0.4) is 0 Å². The van der Waals surface area contributed by atoms with Crippen LogP contribution in [0.2, 0.25) is 0 Å². The topological polar surface area (TPSA) is 204 Å². The number of phosphoric acid groups is 2. The van der Waals surface area contributed by atoms with Crippen LogP contribution in [0.25, 0.3) is 0 Å². The Bertz CT molecular complexity index is 180. The van der Waals surface area contributed by atoms with Gasteiger partial charge < -0.3 is 44.0 Å². The Morgan fingerprint density at radius 2 is 0.833 bits per heavy atom. The van der Waals surface area contributed by atoms with Crippen LogP contribution in [0.4, 0.5) is 0 Å². The van der Waals surface area contributed by atoms with Crippen molar-refractivity contribution >= 4 is 15.6 Å². The van der Waals surface area contributed by atoms with Crippen LogP contribution in [-0.4, -0.2) is 5.48 Å². The molecule has 0 aliphatic carbocycles. The Hall–Kier alpha value is 0.180. The first kappa shape index (κ1) is 30.9. The van der Waals surface area contributed by atoms with Gasteiger partial charge in [-0.2, -0.15) is 15.6 Å². The third-order valence-electron chi connectivity index (χ3n) is 0.957. The van der Waals surface area contributed by atoms with Crippen LogP contribution in [0.1, 0.15) is 47.0 Å². The number of unbranched alkanes of at least 4 members (excludes halogenated alkanes) is 3. The lowest BCUT2D eigenvalue weighted by Gasteiger charge is -2.36. The summed E-state index contributed by atoms with van der Waals surface area (Å²) >= 11 is 0. The predicted molar refractivity (Wildman–Crippen MR) is 55.4 cm³/mol. The Morgan fingerprint density at radius 3 is 0.889 bits per heavy atom. The van der Waals surface area contributed by atoms with E-state index in [0.717, 1.165) is 0 Å². The lowest BCUT2D eigenvalue weighted by Crippen LogP contribution is -2.24. The lowest BCUT2D eigenvalue weighted by atomic mass is 10.2. The van der Waals surface area contributed by atoms with E-state index in [1.165, 1.54) is 25.7 Å². The van der Waals surface area contributed by atoms with Crippen molar-refractivity contribution in [3.8, 4) is 0 Å². The number of rotatable bonds is 3. The number of hydrogen-bond donors (Lipinski definition) is 0. The van der Waals surface area contributed by atoms with Crippen molar-refractivity contribution in [3.05, 3.63) is 0 Å². The summed E-state index contributed by atoms with van der Waals surface area (Å²) in [4.78, 5) is 51.3. The molecule has 0 bridgehead atoms. The van der Waals surface area contributed by atoms with Crippen LogP contribution in [0.15, 0.2) is 0 Å². The van der Waals surface area contributed by atoms with E-state index in [9.17, 15) is 0 Å². The normalized spacial score (nSPS) is 9.56. The molecule has 0 radical (unpaired) electrons. The second kappa shape index (κ2) is 17.2. The van der Waals surface area contributed by atoms with Gasteiger partial charge in [-0.05, 0) is 0 Å². The highest BCUT2D eigenvalue weighted by Gasteiger charge is 1.75. The molecule has 0 amide bonds. The van der Waals surface area contributed by atoms with Crippen molar-refractivity contribution in [2.24, 2.45) is 0 Å². The third kappa shape index (κ3) is 369. The first-order valence-corrected chi connectivity index (χ1v) is 7.30. The summed E-state index contributed by atoms with van der Waals surface area (Å²) < 4.78 is 17.1. The molecule has 0 heterocycles. The van der Waals surface area contributed by atoms with Gasteiger partial charge in [-0.25, -0.2) is 0 Å². The molecule has 11 heteroatoms. The molecular formula is C7H20O9P2-6. The van der Waals surface area contributed by atoms with Crippen LogP contribution < -0.4 is 29.4 Å². The molecule has 0 rings (SSSR count). The molecule has 0 aromatic heterocycles. The zero-order valence-electron chi connectivity index (χ0n) is 9.49. The van der Waals surface area contributed by atoms with Gasteiger partial charge in [-0.15, -0.1) is 0 Å². The second-order valence-electron chi connectivity index (χ2n) is 2.60. The smallest absolute Gasteiger partial charge is 0.0536 e. The molecule has 9 nitrogen and oxygen atoms in total. The van der Waals surface area contributed by atoms with Crippen molar-refractivity contribution < 1.29 is 44.0 Å². The summed E-state index contributed by atoms with van der Waals surface area (Å²) in [5.41, 5.74) is 0. The molecule has 118 valence electrons. The van der Waals surface area contributed by atoms with Gasteiger partial charge in [0, 0.05) is 0 Å². The molecule has 0 unspecified atom stereocenters. The van der Waals surface area contributed by atoms with Crippen LogP contribution >= 0.6 is 15.6 Å². The van der Waals surface area contributed by atoms with Crippen molar-refractivity contribution in [1.82, 2.24) is 0 Å². The van der Waals surface area contributed by atoms with E-state index in [1.54, 1.807) is 0 Å². The lowest BCUT2D eigenvalue weighted by molar-refractivity contribution is -0.434. The highest BCUT2D eigenvalue weighted by atomic mass is 31.2. The van der Waals surface area contributed by atoms with E-state index < -0.39 is 15.6 Å². The van der Waals surface area contributed by atoms with Gasteiger partial charge in [0.05, 0.1) is 0 Å². The van der Waals surface area contributed by atoms with Crippen molar-refractivity contribution in [3.63, 3.8) is 0 Å². The summed E-state index contributed by atoms with van der Waals surface area (Å²) in [6, 6.07) is 0. The standard InChI is InChI=1S/C6H14.CH4.2H3O4P.H2O/c1-3-5-6-4-2;;2*1-5(2,3)4;/h3-6H2,1-2H3;1H4;2*(H3,1,2,3,4);1H2/p-6. The van der Waals surface area contributed by atoms with Gasteiger partial charge in [-0.1, -0.05) is 47.0 Å². The Labute approximate surface area is 107 Å². The predicted octanol–water partition coefficient (Wildman–Crippen LogP) is -3.25. The van der Waals surface area contributed by atoms with Gasteiger partial charge >= 0.3 is 0 Å². The van der Waals surface area contributed by atoms with E-state index in [2.05, 4.69) is 13.8 Å². The highest BCUT2D eigenvalue weighted by Crippen LogP contribution is 2.03. The summed E-state index contributed by atoms with van der Waals surface area (Å²) in [6.07, 6.45) is 5.54. The van der Waals surface area contributed by atoms with Gasteiger partial charge in [0.15, 0.2) is 0 Å². The quantitative estimate of drug-likeness (QED) is 0.381. The zero-order valence-corrected chi connectivity index (χ0v) is 11.3. The van der Waals surface area contributed by atoms with Crippen molar-refractivity contribution in [1.29, 1.82) is 0 Å². The van der Waals surface area contributed by atoms with E-state index in [1.807, 2.05) is 0 Å². The first-order valence-electron chi connectivity index (χ1n) is 4.37. The fourth-order valence-corrected chi connectivity index (χ4v) is 0.500. The van der Waals surface area contributed by atoms with Crippen LogP contribution in [0.5, 0.6) is 0 Å². The van der Waals surface area contributed by atoms with Gasteiger partial charge in [-0.3, -0.25) is 0 Å². The fourth-order valence-electron chi connectivity index (χ4n) is 0.500. The molecule has 0 atom stereocenters. The molecule has 0 aliphatic heterocycles. The zero-order chi connectivity index (χ0) is 13.8. The Morgan fingerprint density at radius 1 is 0.722 bits per heavy atom. The molecule has 0 aliphatic rings. The highest BCUT2D eigenvalue weighted by molar-refractivity contribution is 7.40. The summed E-state index contributed by atoms with van der Waals surface area (Å²) in [5, 5.41) is 0. The molecule has 0 aromatic rings.